The zero-order valence-electron chi connectivity index (χ0n) is 13.5. The summed E-state index contributed by atoms with van der Waals surface area (Å²) in [5, 5.41) is 8.40. The van der Waals surface area contributed by atoms with Crippen LogP contribution in [0.2, 0.25) is 0 Å². The number of nitrogens with zero attached hydrogens (tertiary/aromatic N) is 4. The Balaban J connectivity index is 2.21. The number of rotatable bonds is 11. The van der Waals surface area contributed by atoms with Crippen LogP contribution in [0.15, 0.2) is 6.33 Å². The zero-order valence-corrected chi connectivity index (χ0v) is 13.5. The number of hydrogen-bond acceptors (Lipinski definition) is 3. The smallest absolute Gasteiger partial charge is 0.244 e. The molecule has 0 aliphatic heterocycles. The van der Waals surface area contributed by atoms with Crippen molar-refractivity contribution in [2.24, 2.45) is 17.6 Å². The Morgan fingerprint density at radius 2 is 1.85 bits per heavy atom. The van der Waals surface area contributed by atoms with Crippen molar-refractivity contribution in [3.8, 4) is 0 Å². The Labute approximate surface area is 123 Å². The highest BCUT2D eigenvalue weighted by molar-refractivity contribution is 4.50. The number of unbranched alkanes of at least 4 members (excludes halogenated alkanes) is 2. The van der Waals surface area contributed by atoms with Gasteiger partial charge in [0.1, 0.15) is 11.8 Å². The van der Waals surface area contributed by atoms with Crippen LogP contribution in [0.1, 0.15) is 59.3 Å². The third kappa shape index (κ3) is 7.58. The van der Waals surface area contributed by atoms with Gasteiger partial charge < -0.3 is 5.73 Å². The van der Waals surface area contributed by atoms with Crippen LogP contribution in [0.4, 0.5) is 0 Å². The molecular formula is C15H32N5+. The van der Waals surface area contributed by atoms with Crippen molar-refractivity contribution in [2.75, 3.05) is 6.54 Å². The molecule has 1 atom stereocenters. The molecule has 1 aromatic rings. The number of nitrogens with two attached hydrogens (primary N) is 1. The van der Waals surface area contributed by atoms with Gasteiger partial charge in [-0.2, -0.15) is 0 Å². The van der Waals surface area contributed by atoms with Crippen molar-refractivity contribution >= 4 is 0 Å². The van der Waals surface area contributed by atoms with Gasteiger partial charge in [0, 0.05) is 0 Å². The Bertz CT molecular complexity index is 348. The lowest BCUT2D eigenvalue weighted by atomic mass is 10.0. The van der Waals surface area contributed by atoms with Crippen molar-refractivity contribution < 1.29 is 4.68 Å². The molecular weight excluding hydrogens is 250 g/mol. The van der Waals surface area contributed by atoms with Crippen LogP contribution in [0.25, 0.3) is 0 Å². The van der Waals surface area contributed by atoms with Crippen molar-refractivity contribution in [2.45, 2.75) is 72.4 Å². The fourth-order valence-corrected chi connectivity index (χ4v) is 2.36. The minimum Gasteiger partial charge on any atom is -0.330 e. The summed E-state index contributed by atoms with van der Waals surface area (Å²) in [5.41, 5.74) is 5.52. The average Bonchev–Trinajstić information content (AvgIpc) is 2.82. The van der Waals surface area contributed by atoms with E-state index in [1.54, 1.807) is 0 Å². The monoisotopic (exact) mass is 282 g/mol. The zero-order chi connectivity index (χ0) is 14.8. The van der Waals surface area contributed by atoms with E-state index in [2.05, 4.69) is 31.2 Å². The largest absolute Gasteiger partial charge is 0.330 e. The summed E-state index contributed by atoms with van der Waals surface area (Å²) in [5.74, 6) is 1.43. The molecule has 0 fully saturated rings. The lowest BCUT2D eigenvalue weighted by molar-refractivity contribution is -0.760. The maximum absolute atomic E-state index is 5.52. The molecule has 0 amide bonds. The molecule has 0 saturated carbocycles. The molecule has 1 aromatic heterocycles. The van der Waals surface area contributed by atoms with Crippen LogP contribution >= 0.6 is 0 Å². The van der Waals surface area contributed by atoms with E-state index < -0.39 is 0 Å². The van der Waals surface area contributed by atoms with Gasteiger partial charge in [0.05, 0.1) is 6.54 Å². The number of aryl methyl sites for hydroxylation is 1. The van der Waals surface area contributed by atoms with Gasteiger partial charge in [0.2, 0.25) is 6.33 Å². The Morgan fingerprint density at radius 1 is 1.10 bits per heavy atom. The molecule has 1 heterocycles. The predicted molar refractivity (Wildman–Crippen MR) is 81.0 cm³/mol. The van der Waals surface area contributed by atoms with Crippen molar-refractivity contribution in [1.29, 1.82) is 0 Å². The third-order valence-electron chi connectivity index (χ3n) is 3.60. The molecule has 20 heavy (non-hydrogen) atoms. The number of tetrazole rings is 1. The summed E-state index contributed by atoms with van der Waals surface area (Å²) in [6.07, 6.45) is 9.34. The second kappa shape index (κ2) is 9.86. The van der Waals surface area contributed by atoms with Gasteiger partial charge in [0.25, 0.3) is 0 Å². The molecule has 2 N–H and O–H groups in total. The van der Waals surface area contributed by atoms with E-state index in [0.29, 0.717) is 5.92 Å². The van der Waals surface area contributed by atoms with Crippen LogP contribution in [-0.4, -0.2) is 21.7 Å². The minimum absolute atomic E-state index is 0.637. The summed E-state index contributed by atoms with van der Waals surface area (Å²) >= 11 is 0. The van der Waals surface area contributed by atoms with Crippen molar-refractivity contribution in [1.82, 2.24) is 15.1 Å². The maximum atomic E-state index is 5.52. The maximum Gasteiger partial charge on any atom is 0.244 e. The molecule has 116 valence electrons. The second-order valence-electron chi connectivity index (χ2n) is 6.36. The van der Waals surface area contributed by atoms with Crippen molar-refractivity contribution in [3.05, 3.63) is 6.33 Å². The quantitative estimate of drug-likeness (QED) is 0.500. The van der Waals surface area contributed by atoms with Gasteiger partial charge in [-0.1, -0.05) is 38.3 Å². The molecule has 0 unspecified atom stereocenters. The van der Waals surface area contributed by atoms with Crippen molar-refractivity contribution in [3.63, 3.8) is 0 Å². The molecule has 0 aliphatic carbocycles. The second-order valence-corrected chi connectivity index (χ2v) is 6.36. The van der Waals surface area contributed by atoms with E-state index in [0.717, 1.165) is 32.0 Å². The fourth-order valence-electron chi connectivity index (χ4n) is 2.36. The Hall–Kier alpha value is -0.970. The first kappa shape index (κ1) is 17.1. The van der Waals surface area contributed by atoms with Gasteiger partial charge in [-0.15, -0.1) is 4.68 Å². The van der Waals surface area contributed by atoms with Gasteiger partial charge in [-0.3, -0.25) is 0 Å². The average molecular weight is 282 g/mol. The van der Waals surface area contributed by atoms with E-state index in [-0.39, 0.29) is 0 Å². The molecule has 0 bridgehead atoms. The fraction of sp³-hybridized carbons (Fsp3) is 0.933. The molecule has 1 rings (SSSR count). The summed E-state index contributed by atoms with van der Waals surface area (Å²) in [7, 11) is 0. The van der Waals surface area contributed by atoms with Gasteiger partial charge in [-0.05, 0) is 44.1 Å². The van der Waals surface area contributed by atoms with E-state index in [1.807, 2.05) is 15.7 Å². The first-order valence-corrected chi connectivity index (χ1v) is 8.11. The van der Waals surface area contributed by atoms with Gasteiger partial charge in [0.15, 0.2) is 5.21 Å². The van der Waals surface area contributed by atoms with Crippen LogP contribution in [-0.2, 0) is 13.1 Å². The molecule has 0 spiro atoms. The van der Waals surface area contributed by atoms with Gasteiger partial charge in [-0.25, -0.2) is 0 Å². The topological polar surface area (TPSA) is 60.6 Å². The summed E-state index contributed by atoms with van der Waals surface area (Å²) < 4.78 is 3.93. The lowest BCUT2D eigenvalue weighted by Gasteiger charge is -2.06. The number of hydrogen-bond donors (Lipinski definition) is 1. The minimum atomic E-state index is 0.637. The third-order valence-corrected chi connectivity index (χ3v) is 3.60. The highest BCUT2D eigenvalue weighted by Crippen LogP contribution is 2.07. The van der Waals surface area contributed by atoms with Crippen LogP contribution in [0.5, 0.6) is 0 Å². The van der Waals surface area contributed by atoms with E-state index in [4.69, 9.17) is 5.73 Å². The van der Waals surface area contributed by atoms with Gasteiger partial charge >= 0.3 is 0 Å². The SMILES string of the molecule is CC(C)CCCCn1c[n+](C[C@H](C)CCCCN)nn1. The van der Waals surface area contributed by atoms with E-state index in [9.17, 15) is 0 Å². The lowest BCUT2D eigenvalue weighted by Crippen LogP contribution is -2.38. The highest BCUT2D eigenvalue weighted by Gasteiger charge is 2.11. The normalized spacial score (nSPS) is 13.1. The Kier molecular flexibility index (Phi) is 8.42. The standard InChI is InChI=1S/C15H32N5/c1-14(2)8-5-7-11-19-13-20(18-17-19)12-15(3)9-4-6-10-16/h13-15H,4-12,16H2,1-3H3/q+1/t15-/m1/s1. The molecule has 0 radical (unpaired) electrons. The summed E-state index contributed by atoms with van der Waals surface area (Å²) in [6, 6.07) is 0. The Morgan fingerprint density at radius 3 is 2.55 bits per heavy atom. The molecule has 0 aromatic carbocycles. The van der Waals surface area contributed by atoms with Crippen LogP contribution in [0, 0.1) is 11.8 Å². The summed E-state index contributed by atoms with van der Waals surface area (Å²) in [4.78, 5) is 0. The van der Waals surface area contributed by atoms with E-state index >= 15 is 0 Å². The summed E-state index contributed by atoms with van der Waals surface area (Å²) in [6.45, 7) is 9.55. The van der Waals surface area contributed by atoms with E-state index in [1.165, 1.54) is 32.1 Å². The molecule has 0 saturated heterocycles. The highest BCUT2D eigenvalue weighted by atomic mass is 15.6. The first-order chi connectivity index (χ1) is 9.61. The molecule has 0 aliphatic rings. The first-order valence-electron chi connectivity index (χ1n) is 8.11. The number of aromatic nitrogens is 4. The van der Waals surface area contributed by atoms with Crippen LogP contribution in [0.3, 0.4) is 0 Å². The predicted octanol–water partition coefficient (Wildman–Crippen LogP) is 2.16. The van der Waals surface area contributed by atoms with Crippen LogP contribution < -0.4 is 10.4 Å². The molecule has 5 nitrogen and oxygen atoms in total. The molecule has 5 heteroatoms.